The third kappa shape index (κ3) is 2.66. The van der Waals surface area contributed by atoms with Crippen LogP contribution in [0.1, 0.15) is 13.8 Å². The number of rotatable bonds is 3. The first-order valence-corrected chi connectivity index (χ1v) is 6.83. The zero-order valence-electron chi connectivity index (χ0n) is 10.9. The number of carbonyl (C=O) groups is 1. The Morgan fingerprint density at radius 3 is 2.95 bits per heavy atom. The Hall–Kier alpha value is -1.75. The van der Waals surface area contributed by atoms with E-state index in [0.29, 0.717) is 16.9 Å². The number of benzene rings is 1. The smallest absolute Gasteiger partial charge is 0.250 e. The number of hydrogen-bond donors (Lipinski definition) is 0. The molecule has 0 aliphatic heterocycles. The maximum atomic E-state index is 13.9. The number of hydrogen-bond acceptors (Lipinski definition) is 2. The Morgan fingerprint density at radius 2 is 2.32 bits per heavy atom. The Bertz CT molecular complexity index is 697. The highest BCUT2D eigenvalue weighted by Crippen LogP contribution is 2.20. The fraction of sp³-hybridized carbons (Fsp3) is 0.286. The fourth-order valence-electron chi connectivity index (χ4n) is 1.69. The van der Waals surface area contributed by atoms with Crippen molar-refractivity contribution in [3.63, 3.8) is 0 Å². The van der Waals surface area contributed by atoms with Crippen LogP contribution in [0.15, 0.2) is 35.8 Å². The van der Waals surface area contributed by atoms with E-state index in [4.69, 9.17) is 0 Å². The number of carbonyl (C=O) groups excluding carboxylic acids is 1. The summed E-state index contributed by atoms with van der Waals surface area (Å²) in [5, 5.41) is 0. The first-order chi connectivity index (χ1) is 9.04. The van der Waals surface area contributed by atoms with Crippen molar-refractivity contribution >= 4 is 27.5 Å². The number of amides is 1. The van der Waals surface area contributed by atoms with Crippen LogP contribution >= 0.6 is 11.3 Å². The van der Waals surface area contributed by atoms with Gasteiger partial charge in [-0.25, -0.2) is 4.39 Å². The normalized spacial score (nSPS) is 12.3. The van der Waals surface area contributed by atoms with Gasteiger partial charge in [-0.05, 0) is 12.1 Å². The second kappa shape index (κ2) is 5.48. The van der Waals surface area contributed by atoms with Crippen LogP contribution in [0, 0.1) is 11.7 Å². The van der Waals surface area contributed by atoms with E-state index in [9.17, 15) is 9.18 Å². The van der Waals surface area contributed by atoms with Crippen LogP contribution in [0.5, 0.6) is 0 Å². The number of fused-ring (bicyclic) bond motifs is 1. The summed E-state index contributed by atoms with van der Waals surface area (Å²) in [7, 11) is 0. The topological polar surface area (TPSA) is 34.4 Å². The molecule has 5 heteroatoms. The van der Waals surface area contributed by atoms with Gasteiger partial charge in [0.1, 0.15) is 5.82 Å². The highest BCUT2D eigenvalue weighted by molar-refractivity contribution is 7.16. The van der Waals surface area contributed by atoms with E-state index < -0.39 is 0 Å². The predicted molar refractivity (Wildman–Crippen MR) is 75.4 cm³/mol. The summed E-state index contributed by atoms with van der Waals surface area (Å²) in [6, 6.07) is 4.88. The number of thiazole rings is 1. The lowest BCUT2D eigenvalue weighted by atomic mass is 10.2. The molecule has 0 aliphatic carbocycles. The minimum atomic E-state index is -0.311. The third-order valence-corrected chi connectivity index (χ3v) is 3.71. The molecule has 0 atom stereocenters. The van der Waals surface area contributed by atoms with Crippen LogP contribution in [0.25, 0.3) is 10.2 Å². The first kappa shape index (κ1) is 13.7. The molecule has 0 unspecified atom stereocenters. The maximum absolute atomic E-state index is 13.9. The van der Waals surface area contributed by atoms with Gasteiger partial charge in [0.2, 0.25) is 0 Å². The van der Waals surface area contributed by atoms with E-state index >= 15 is 0 Å². The van der Waals surface area contributed by atoms with Crippen molar-refractivity contribution in [1.82, 2.24) is 4.57 Å². The molecule has 1 aromatic heterocycles. The van der Waals surface area contributed by atoms with Gasteiger partial charge in [0.25, 0.3) is 5.91 Å². The van der Waals surface area contributed by atoms with Gasteiger partial charge < -0.3 is 4.57 Å². The molecule has 2 aromatic rings. The molecule has 0 radical (unpaired) electrons. The van der Waals surface area contributed by atoms with Crippen molar-refractivity contribution in [2.45, 2.75) is 20.4 Å². The molecule has 0 saturated carbocycles. The molecular weight excluding hydrogens is 263 g/mol. The van der Waals surface area contributed by atoms with Crippen molar-refractivity contribution in [2.24, 2.45) is 10.9 Å². The standard InChI is InChI=1S/C14H15FN2OS/c1-4-8-17-12-10(15)6-5-7-11(12)19-14(17)16-13(18)9(2)3/h4-7,9H,1,8H2,2-3H3. The quantitative estimate of drug-likeness (QED) is 0.794. The highest BCUT2D eigenvalue weighted by atomic mass is 32.1. The molecule has 2 rings (SSSR count). The van der Waals surface area contributed by atoms with E-state index in [1.165, 1.54) is 17.4 Å². The molecular formula is C14H15FN2OS. The van der Waals surface area contributed by atoms with Gasteiger partial charge in [0, 0.05) is 12.5 Å². The van der Waals surface area contributed by atoms with E-state index in [0.717, 1.165) is 4.70 Å². The highest BCUT2D eigenvalue weighted by Gasteiger charge is 2.11. The molecule has 1 amide bonds. The van der Waals surface area contributed by atoms with E-state index in [1.54, 1.807) is 30.6 Å². The lowest BCUT2D eigenvalue weighted by molar-refractivity contribution is -0.120. The molecule has 19 heavy (non-hydrogen) atoms. The average molecular weight is 278 g/mol. The van der Waals surface area contributed by atoms with Gasteiger partial charge >= 0.3 is 0 Å². The van der Waals surface area contributed by atoms with Crippen LogP contribution < -0.4 is 4.80 Å². The summed E-state index contributed by atoms with van der Waals surface area (Å²) in [6.07, 6.45) is 1.66. The zero-order valence-corrected chi connectivity index (χ0v) is 11.7. The average Bonchev–Trinajstić information content (AvgIpc) is 2.69. The van der Waals surface area contributed by atoms with Crippen LogP contribution in [0.2, 0.25) is 0 Å². The summed E-state index contributed by atoms with van der Waals surface area (Å²) < 4.78 is 16.4. The van der Waals surface area contributed by atoms with Crippen LogP contribution in [0.3, 0.4) is 0 Å². The zero-order chi connectivity index (χ0) is 14.0. The lowest BCUT2D eigenvalue weighted by Crippen LogP contribution is -2.18. The van der Waals surface area contributed by atoms with Gasteiger partial charge in [-0.1, -0.05) is 37.3 Å². The van der Waals surface area contributed by atoms with E-state index in [-0.39, 0.29) is 17.6 Å². The Kier molecular flexibility index (Phi) is 3.95. The fourth-order valence-corrected chi connectivity index (χ4v) is 2.75. The third-order valence-electron chi connectivity index (χ3n) is 2.66. The molecule has 1 aromatic carbocycles. The van der Waals surface area contributed by atoms with Crippen LogP contribution in [-0.4, -0.2) is 10.5 Å². The maximum Gasteiger partial charge on any atom is 0.250 e. The second-order valence-electron chi connectivity index (χ2n) is 4.48. The number of para-hydroxylation sites is 1. The van der Waals surface area contributed by atoms with Gasteiger partial charge in [-0.3, -0.25) is 4.79 Å². The largest absolute Gasteiger partial charge is 0.310 e. The summed E-state index contributed by atoms with van der Waals surface area (Å²) in [5.74, 6) is -0.689. The molecule has 0 N–H and O–H groups in total. The lowest BCUT2D eigenvalue weighted by Gasteiger charge is -2.02. The van der Waals surface area contributed by atoms with Crippen molar-refractivity contribution in [3.8, 4) is 0 Å². The minimum absolute atomic E-state index is 0.174. The summed E-state index contributed by atoms with van der Waals surface area (Å²) in [4.78, 5) is 16.3. The van der Waals surface area contributed by atoms with Crippen molar-refractivity contribution < 1.29 is 9.18 Å². The van der Waals surface area contributed by atoms with Gasteiger partial charge in [-0.15, -0.1) is 6.58 Å². The molecule has 0 aliphatic rings. The molecule has 3 nitrogen and oxygen atoms in total. The van der Waals surface area contributed by atoms with Gasteiger partial charge in [0.05, 0.1) is 10.2 Å². The van der Waals surface area contributed by atoms with E-state index in [1.807, 2.05) is 6.07 Å². The monoisotopic (exact) mass is 278 g/mol. The summed E-state index contributed by atoms with van der Waals surface area (Å²) in [6.45, 7) is 7.66. The molecule has 0 saturated heterocycles. The van der Waals surface area contributed by atoms with E-state index in [2.05, 4.69) is 11.6 Å². The van der Waals surface area contributed by atoms with Crippen LogP contribution in [-0.2, 0) is 11.3 Å². The molecule has 0 fully saturated rings. The number of allylic oxidation sites excluding steroid dienone is 1. The SMILES string of the molecule is C=CCn1c(=NC(=O)C(C)C)sc2cccc(F)c21. The molecule has 100 valence electrons. The van der Waals surface area contributed by atoms with Crippen molar-refractivity contribution in [3.05, 3.63) is 41.5 Å². The number of aromatic nitrogens is 1. The predicted octanol–water partition coefficient (Wildman–Crippen LogP) is 3.11. The first-order valence-electron chi connectivity index (χ1n) is 6.02. The summed E-state index contributed by atoms with van der Waals surface area (Å²) in [5.41, 5.74) is 0.475. The minimum Gasteiger partial charge on any atom is -0.310 e. The molecule has 0 bridgehead atoms. The summed E-state index contributed by atoms with van der Waals surface area (Å²) >= 11 is 1.31. The molecule has 1 heterocycles. The number of nitrogens with zero attached hydrogens (tertiary/aromatic N) is 2. The Morgan fingerprint density at radius 1 is 1.58 bits per heavy atom. The Labute approximate surface area is 114 Å². The number of halogens is 1. The van der Waals surface area contributed by atoms with Crippen molar-refractivity contribution in [1.29, 1.82) is 0 Å². The second-order valence-corrected chi connectivity index (χ2v) is 5.48. The Balaban J connectivity index is 2.74. The van der Waals surface area contributed by atoms with Crippen molar-refractivity contribution in [2.75, 3.05) is 0 Å². The van der Waals surface area contributed by atoms with Gasteiger partial charge in [-0.2, -0.15) is 4.99 Å². The van der Waals surface area contributed by atoms with Crippen LogP contribution in [0.4, 0.5) is 4.39 Å². The van der Waals surface area contributed by atoms with Gasteiger partial charge in [0.15, 0.2) is 4.80 Å². The molecule has 0 spiro atoms.